The summed E-state index contributed by atoms with van der Waals surface area (Å²) >= 11 is 0. The van der Waals surface area contributed by atoms with Gasteiger partial charge in [0.05, 0.1) is 0 Å². The number of hydrogen-bond acceptors (Lipinski definition) is 2. The molecule has 1 aromatic carbocycles. The lowest BCUT2D eigenvalue weighted by atomic mass is 9.84. The van der Waals surface area contributed by atoms with Crippen molar-refractivity contribution in [2.75, 3.05) is 13.1 Å². The quantitative estimate of drug-likeness (QED) is 0.824. The SMILES string of the molecule is Cc1cc2c(cc1C)C1=CC(=O)C(CC(C)C)CN1CC2. The van der Waals surface area contributed by atoms with E-state index >= 15 is 0 Å². The fourth-order valence-electron chi connectivity index (χ4n) is 3.59. The highest BCUT2D eigenvalue weighted by Crippen LogP contribution is 2.35. The van der Waals surface area contributed by atoms with Crippen LogP contribution in [0.5, 0.6) is 0 Å². The van der Waals surface area contributed by atoms with E-state index in [4.69, 9.17) is 0 Å². The van der Waals surface area contributed by atoms with E-state index in [0.717, 1.165) is 31.6 Å². The van der Waals surface area contributed by atoms with Crippen LogP contribution in [0.4, 0.5) is 0 Å². The van der Waals surface area contributed by atoms with E-state index in [1.807, 2.05) is 6.08 Å². The second-order valence-electron chi connectivity index (χ2n) is 7.05. The van der Waals surface area contributed by atoms with Gasteiger partial charge in [0.25, 0.3) is 0 Å². The summed E-state index contributed by atoms with van der Waals surface area (Å²) in [6.45, 7) is 10.7. The smallest absolute Gasteiger partial charge is 0.162 e. The van der Waals surface area contributed by atoms with Crippen LogP contribution in [0.15, 0.2) is 18.2 Å². The van der Waals surface area contributed by atoms with Gasteiger partial charge in [-0.25, -0.2) is 0 Å². The first-order chi connectivity index (χ1) is 9.95. The number of aryl methyl sites for hydroxylation is 2. The van der Waals surface area contributed by atoms with Gasteiger partial charge in [-0.3, -0.25) is 4.79 Å². The minimum atomic E-state index is 0.182. The maximum Gasteiger partial charge on any atom is 0.162 e. The highest BCUT2D eigenvalue weighted by Gasteiger charge is 2.31. The number of nitrogens with zero attached hydrogens (tertiary/aromatic N) is 1. The number of allylic oxidation sites excluding steroid dienone is 1. The van der Waals surface area contributed by atoms with Crippen molar-refractivity contribution in [2.24, 2.45) is 11.8 Å². The van der Waals surface area contributed by atoms with Crippen LogP contribution in [0.1, 0.15) is 42.5 Å². The molecule has 2 heterocycles. The predicted octanol–water partition coefficient (Wildman–Crippen LogP) is 3.75. The molecule has 0 radical (unpaired) electrons. The van der Waals surface area contributed by atoms with Crippen LogP contribution in [0.25, 0.3) is 5.70 Å². The number of carbonyl (C=O) groups is 1. The third kappa shape index (κ3) is 2.64. The Kier molecular flexibility index (Phi) is 3.64. The molecule has 0 N–H and O–H groups in total. The van der Waals surface area contributed by atoms with Gasteiger partial charge in [-0.05, 0) is 55.4 Å². The summed E-state index contributed by atoms with van der Waals surface area (Å²) < 4.78 is 0. The molecule has 0 aromatic heterocycles. The van der Waals surface area contributed by atoms with Gasteiger partial charge in [-0.1, -0.05) is 19.9 Å². The van der Waals surface area contributed by atoms with E-state index in [0.29, 0.717) is 11.7 Å². The number of fused-ring (bicyclic) bond motifs is 3. The molecule has 2 aliphatic rings. The van der Waals surface area contributed by atoms with Crippen LogP contribution in [0.3, 0.4) is 0 Å². The fraction of sp³-hybridized carbons (Fsp3) is 0.526. The average Bonchev–Trinajstić information content (AvgIpc) is 2.41. The van der Waals surface area contributed by atoms with Crippen LogP contribution < -0.4 is 0 Å². The number of carbonyl (C=O) groups excluding carboxylic acids is 1. The largest absolute Gasteiger partial charge is 0.370 e. The van der Waals surface area contributed by atoms with Crippen LogP contribution in [-0.4, -0.2) is 23.8 Å². The molecule has 1 aromatic rings. The Morgan fingerprint density at radius 3 is 2.67 bits per heavy atom. The minimum Gasteiger partial charge on any atom is -0.370 e. The lowest BCUT2D eigenvalue weighted by Crippen LogP contribution is -2.40. The second kappa shape index (κ2) is 5.32. The standard InChI is InChI=1S/C19H25NO/c1-12(2)7-16-11-20-6-5-15-8-13(3)14(4)9-17(15)18(20)10-19(16)21/h8-10,12,16H,5-7,11H2,1-4H3. The Morgan fingerprint density at radius 1 is 1.24 bits per heavy atom. The van der Waals surface area contributed by atoms with Crippen molar-refractivity contribution < 1.29 is 4.79 Å². The van der Waals surface area contributed by atoms with Crippen molar-refractivity contribution in [1.82, 2.24) is 4.90 Å². The number of benzene rings is 1. The monoisotopic (exact) mass is 283 g/mol. The molecule has 0 aliphatic carbocycles. The molecule has 0 spiro atoms. The molecule has 1 atom stereocenters. The third-order valence-corrected chi connectivity index (χ3v) is 4.87. The molecule has 0 bridgehead atoms. The Labute approximate surface area is 127 Å². The predicted molar refractivity (Wildman–Crippen MR) is 87.1 cm³/mol. The number of hydrogen-bond donors (Lipinski definition) is 0. The molecule has 2 nitrogen and oxygen atoms in total. The Hall–Kier alpha value is -1.57. The molecule has 2 aliphatic heterocycles. The van der Waals surface area contributed by atoms with Crippen molar-refractivity contribution in [2.45, 2.75) is 40.5 Å². The molecular formula is C19H25NO. The zero-order valence-corrected chi connectivity index (χ0v) is 13.6. The van der Waals surface area contributed by atoms with E-state index < -0.39 is 0 Å². The summed E-state index contributed by atoms with van der Waals surface area (Å²) in [7, 11) is 0. The summed E-state index contributed by atoms with van der Waals surface area (Å²) in [5, 5.41) is 0. The maximum absolute atomic E-state index is 12.4. The van der Waals surface area contributed by atoms with Gasteiger partial charge in [0.15, 0.2) is 5.78 Å². The summed E-state index contributed by atoms with van der Waals surface area (Å²) in [5.74, 6) is 1.08. The molecule has 0 saturated carbocycles. The van der Waals surface area contributed by atoms with E-state index in [2.05, 4.69) is 44.7 Å². The average molecular weight is 283 g/mol. The van der Waals surface area contributed by atoms with E-state index in [-0.39, 0.29) is 5.92 Å². The number of ketones is 1. The van der Waals surface area contributed by atoms with Gasteiger partial charge >= 0.3 is 0 Å². The van der Waals surface area contributed by atoms with E-state index in [9.17, 15) is 4.79 Å². The Bertz CT molecular complexity index is 612. The van der Waals surface area contributed by atoms with Gasteiger partial charge in [0.1, 0.15) is 0 Å². The van der Waals surface area contributed by atoms with Gasteiger partial charge in [-0.15, -0.1) is 0 Å². The van der Waals surface area contributed by atoms with Crippen LogP contribution in [0, 0.1) is 25.7 Å². The third-order valence-electron chi connectivity index (χ3n) is 4.87. The first kappa shape index (κ1) is 14.4. The van der Waals surface area contributed by atoms with Crippen LogP contribution in [-0.2, 0) is 11.2 Å². The fourth-order valence-corrected chi connectivity index (χ4v) is 3.59. The van der Waals surface area contributed by atoms with Crippen molar-refractivity contribution in [3.63, 3.8) is 0 Å². The normalized spacial score (nSPS) is 21.2. The summed E-state index contributed by atoms with van der Waals surface area (Å²) in [4.78, 5) is 14.9. The van der Waals surface area contributed by atoms with Gasteiger partial charge in [-0.2, -0.15) is 0 Å². The van der Waals surface area contributed by atoms with Crippen molar-refractivity contribution in [3.8, 4) is 0 Å². The molecular weight excluding hydrogens is 258 g/mol. The Balaban J connectivity index is 1.98. The van der Waals surface area contributed by atoms with Gasteiger partial charge < -0.3 is 4.90 Å². The molecule has 1 unspecified atom stereocenters. The lowest BCUT2D eigenvalue weighted by molar-refractivity contribution is -0.119. The first-order valence-electron chi connectivity index (χ1n) is 8.06. The zero-order chi connectivity index (χ0) is 15.1. The highest BCUT2D eigenvalue weighted by atomic mass is 16.1. The highest BCUT2D eigenvalue weighted by molar-refractivity contribution is 6.00. The first-order valence-corrected chi connectivity index (χ1v) is 8.06. The minimum absolute atomic E-state index is 0.182. The number of rotatable bonds is 2. The molecule has 0 fully saturated rings. The molecule has 112 valence electrons. The summed E-state index contributed by atoms with van der Waals surface area (Å²) in [6, 6.07) is 4.56. The topological polar surface area (TPSA) is 20.3 Å². The second-order valence-corrected chi connectivity index (χ2v) is 7.05. The molecule has 3 rings (SSSR count). The molecule has 0 saturated heterocycles. The molecule has 0 amide bonds. The van der Waals surface area contributed by atoms with Crippen molar-refractivity contribution in [1.29, 1.82) is 0 Å². The van der Waals surface area contributed by atoms with E-state index in [1.165, 1.54) is 22.3 Å². The molecule has 2 heteroatoms. The molecule has 21 heavy (non-hydrogen) atoms. The van der Waals surface area contributed by atoms with Gasteiger partial charge in [0, 0.05) is 36.3 Å². The summed E-state index contributed by atoms with van der Waals surface area (Å²) in [5.41, 5.74) is 6.50. The maximum atomic E-state index is 12.4. The van der Waals surface area contributed by atoms with E-state index in [1.54, 1.807) is 0 Å². The van der Waals surface area contributed by atoms with Crippen LogP contribution >= 0.6 is 0 Å². The lowest BCUT2D eigenvalue weighted by Gasteiger charge is -2.39. The van der Waals surface area contributed by atoms with Gasteiger partial charge in [0.2, 0.25) is 0 Å². The van der Waals surface area contributed by atoms with Crippen molar-refractivity contribution in [3.05, 3.63) is 40.5 Å². The Morgan fingerprint density at radius 2 is 1.95 bits per heavy atom. The zero-order valence-electron chi connectivity index (χ0n) is 13.6. The van der Waals surface area contributed by atoms with Crippen LogP contribution in [0.2, 0.25) is 0 Å². The van der Waals surface area contributed by atoms with Crippen molar-refractivity contribution >= 4 is 11.5 Å². The summed E-state index contributed by atoms with van der Waals surface area (Å²) in [6.07, 6.45) is 4.00.